The van der Waals surface area contributed by atoms with Crippen LogP contribution in [0.3, 0.4) is 0 Å². The highest BCUT2D eigenvalue weighted by atomic mass is 16.5. The molecule has 0 atom stereocenters. The zero-order valence-electron chi connectivity index (χ0n) is 29.5. The van der Waals surface area contributed by atoms with E-state index in [1.807, 2.05) is 34.6 Å². The fourth-order valence-electron chi connectivity index (χ4n) is 4.13. The van der Waals surface area contributed by atoms with E-state index in [0.717, 1.165) is 24.0 Å². The van der Waals surface area contributed by atoms with Crippen molar-refractivity contribution < 1.29 is 28.6 Å². The molecular formula is C38H54O6. The predicted octanol–water partition coefficient (Wildman–Crippen LogP) is 9.65. The van der Waals surface area contributed by atoms with E-state index in [1.165, 1.54) is 6.08 Å². The lowest BCUT2D eigenvalue weighted by molar-refractivity contribution is -0.143. The Morgan fingerprint density at radius 2 is 1.16 bits per heavy atom. The van der Waals surface area contributed by atoms with Gasteiger partial charge in [-0.15, -0.1) is 0 Å². The Kier molecular flexibility index (Phi) is 11.5. The van der Waals surface area contributed by atoms with Crippen molar-refractivity contribution in [3.8, 4) is 17.2 Å². The molecule has 6 heteroatoms. The van der Waals surface area contributed by atoms with E-state index in [4.69, 9.17) is 14.2 Å². The molecule has 0 saturated heterocycles. The lowest BCUT2D eigenvalue weighted by Gasteiger charge is -2.34. The number of hydrogen-bond donors (Lipinski definition) is 0. The van der Waals surface area contributed by atoms with Gasteiger partial charge in [-0.05, 0) is 122 Å². The maximum atomic E-state index is 13.5. The summed E-state index contributed by atoms with van der Waals surface area (Å²) in [5, 5.41) is 0. The molecule has 0 aliphatic carbocycles. The van der Waals surface area contributed by atoms with Crippen LogP contribution >= 0.6 is 0 Å². The van der Waals surface area contributed by atoms with Crippen LogP contribution in [0.4, 0.5) is 0 Å². The van der Waals surface area contributed by atoms with E-state index in [1.54, 1.807) is 51.1 Å². The number of carbonyl (C=O) groups excluding carboxylic acids is 3. The van der Waals surface area contributed by atoms with Crippen LogP contribution in [0.1, 0.15) is 137 Å². The Morgan fingerprint density at radius 1 is 0.705 bits per heavy atom. The van der Waals surface area contributed by atoms with Crippen LogP contribution < -0.4 is 14.2 Å². The topological polar surface area (TPSA) is 78.9 Å². The van der Waals surface area contributed by atoms with Crippen molar-refractivity contribution in [2.45, 2.75) is 127 Å². The van der Waals surface area contributed by atoms with Crippen molar-refractivity contribution in [1.29, 1.82) is 0 Å². The molecule has 2 aromatic carbocycles. The molecule has 6 nitrogen and oxygen atoms in total. The monoisotopic (exact) mass is 606 g/mol. The summed E-state index contributed by atoms with van der Waals surface area (Å²) in [5.74, 6) is 0.413. The number of benzene rings is 2. The smallest absolute Gasteiger partial charge is 0.316 e. The van der Waals surface area contributed by atoms with Crippen LogP contribution in [0.5, 0.6) is 17.2 Å². The van der Waals surface area contributed by atoms with Gasteiger partial charge >= 0.3 is 11.9 Å². The van der Waals surface area contributed by atoms with E-state index in [9.17, 15) is 14.4 Å². The fourth-order valence-corrected chi connectivity index (χ4v) is 4.13. The summed E-state index contributed by atoms with van der Waals surface area (Å²) in [5.41, 5.74) is 0.889. The summed E-state index contributed by atoms with van der Waals surface area (Å²) in [6.45, 7) is 27.6. The number of rotatable bonds is 11. The third-order valence-corrected chi connectivity index (χ3v) is 8.02. The maximum absolute atomic E-state index is 13.5. The first-order valence-electron chi connectivity index (χ1n) is 15.7. The second-order valence-electron chi connectivity index (χ2n) is 15.2. The minimum absolute atomic E-state index is 0.163. The normalized spacial score (nSPS) is 12.9. The zero-order chi connectivity index (χ0) is 33.8. The fraction of sp³-hybridized carbons (Fsp3) is 0.553. The second kappa shape index (κ2) is 13.7. The molecule has 0 aliphatic rings. The molecule has 2 aromatic rings. The van der Waals surface area contributed by atoms with Gasteiger partial charge in [-0.3, -0.25) is 14.4 Å². The average Bonchev–Trinajstić information content (AvgIpc) is 2.91. The largest absolute Gasteiger partial charge is 0.490 e. The lowest BCUT2D eigenvalue weighted by Crippen LogP contribution is -2.29. The number of ether oxygens (including phenoxy) is 3. The molecular weight excluding hydrogens is 552 g/mol. The number of allylic oxidation sites excluding steroid dienone is 1. The van der Waals surface area contributed by atoms with Gasteiger partial charge in [0.2, 0.25) is 0 Å². The Morgan fingerprint density at radius 3 is 1.59 bits per heavy atom. The van der Waals surface area contributed by atoms with Crippen LogP contribution in [-0.4, -0.2) is 23.8 Å². The highest BCUT2D eigenvalue weighted by Crippen LogP contribution is 2.48. The highest BCUT2D eigenvalue weighted by molar-refractivity contribution is 6.07. The summed E-state index contributed by atoms with van der Waals surface area (Å²) >= 11 is 0. The van der Waals surface area contributed by atoms with E-state index in [2.05, 4.69) is 47.6 Å². The minimum atomic E-state index is -0.747. The van der Waals surface area contributed by atoms with Gasteiger partial charge in [0, 0.05) is 16.7 Å². The van der Waals surface area contributed by atoms with Crippen molar-refractivity contribution >= 4 is 23.8 Å². The third kappa shape index (κ3) is 9.06. The van der Waals surface area contributed by atoms with Gasteiger partial charge in [-0.1, -0.05) is 41.5 Å². The minimum Gasteiger partial charge on any atom is -0.490 e. The number of esters is 2. The molecule has 0 bridgehead atoms. The molecule has 2 rings (SSSR count). The summed E-state index contributed by atoms with van der Waals surface area (Å²) in [6, 6.07) is 8.62. The predicted molar refractivity (Wildman–Crippen MR) is 179 cm³/mol. The van der Waals surface area contributed by atoms with E-state index in [-0.39, 0.29) is 34.7 Å². The quantitative estimate of drug-likeness (QED) is 0.110. The first-order valence-corrected chi connectivity index (χ1v) is 15.7. The van der Waals surface area contributed by atoms with Crippen molar-refractivity contribution in [2.24, 2.45) is 10.8 Å². The lowest BCUT2D eigenvalue weighted by atomic mass is 9.74. The molecule has 0 heterocycles. The van der Waals surface area contributed by atoms with Gasteiger partial charge in [-0.2, -0.15) is 0 Å². The van der Waals surface area contributed by atoms with Crippen LogP contribution in [0.2, 0.25) is 0 Å². The van der Waals surface area contributed by atoms with E-state index in [0.29, 0.717) is 28.4 Å². The van der Waals surface area contributed by atoms with Gasteiger partial charge in [0.1, 0.15) is 17.2 Å². The SMILES string of the molecule is CCC(C)(C)c1cc(C(C)(C)CC)c(OC(C)C)c(C=CC(=O)c2ccc(OC(=O)C(C)(C)C)cc2)c1OC(=O)C(C)(C)C. The number of ketones is 1. The summed E-state index contributed by atoms with van der Waals surface area (Å²) in [4.78, 5) is 39.1. The maximum Gasteiger partial charge on any atom is 0.316 e. The summed E-state index contributed by atoms with van der Waals surface area (Å²) < 4.78 is 18.2. The molecule has 0 aliphatic heterocycles. The van der Waals surface area contributed by atoms with E-state index >= 15 is 0 Å². The van der Waals surface area contributed by atoms with Crippen LogP contribution in [0.25, 0.3) is 6.08 Å². The van der Waals surface area contributed by atoms with Crippen molar-refractivity contribution in [1.82, 2.24) is 0 Å². The number of hydrogen-bond acceptors (Lipinski definition) is 6. The molecule has 0 N–H and O–H groups in total. The Labute approximate surface area is 265 Å². The van der Waals surface area contributed by atoms with Crippen LogP contribution in [0, 0.1) is 10.8 Å². The molecule has 242 valence electrons. The summed E-state index contributed by atoms with van der Waals surface area (Å²) in [6.07, 6.45) is 4.69. The number of carbonyl (C=O) groups is 3. The molecule has 0 spiro atoms. The van der Waals surface area contributed by atoms with Gasteiger partial charge in [0.15, 0.2) is 5.78 Å². The van der Waals surface area contributed by atoms with Gasteiger partial charge in [-0.25, -0.2) is 0 Å². The molecule has 0 radical (unpaired) electrons. The van der Waals surface area contributed by atoms with Crippen molar-refractivity contribution in [3.05, 3.63) is 58.7 Å². The molecule has 0 fully saturated rings. The Hall–Kier alpha value is -3.41. The molecule has 0 saturated carbocycles. The highest BCUT2D eigenvalue weighted by Gasteiger charge is 2.35. The van der Waals surface area contributed by atoms with E-state index < -0.39 is 10.8 Å². The van der Waals surface area contributed by atoms with Gasteiger partial charge in [0.05, 0.1) is 22.5 Å². The summed E-state index contributed by atoms with van der Waals surface area (Å²) in [7, 11) is 0. The first kappa shape index (κ1) is 36.8. The van der Waals surface area contributed by atoms with Gasteiger partial charge in [0.25, 0.3) is 0 Å². The average molecular weight is 607 g/mol. The standard InChI is InChI=1S/C38H54O6/c1-15-37(11,12)28-23-29(38(13,14)16-2)32(44-34(41)36(8,9)10)27(31(28)42-24(3)4)21-22-30(39)25-17-19-26(20-18-25)43-33(40)35(5,6)7/h17-24H,15-16H2,1-14H3. The molecule has 44 heavy (non-hydrogen) atoms. The van der Waals surface area contributed by atoms with Crippen LogP contribution in [0.15, 0.2) is 36.4 Å². The molecule has 0 unspecified atom stereocenters. The molecule has 0 amide bonds. The Balaban J connectivity index is 2.82. The molecule has 0 aromatic heterocycles. The zero-order valence-corrected chi connectivity index (χ0v) is 29.5. The Bertz CT molecular complexity index is 1380. The van der Waals surface area contributed by atoms with Crippen molar-refractivity contribution in [3.63, 3.8) is 0 Å². The second-order valence-corrected chi connectivity index (χ2v) is 15.2. The van der Waals surface area contributed by atoms with Crippen LogP contribution in [-0.2, 0) is 20.4 Å². The third-order valence-electron chi connectivity index (χ3n) is 8.02. The first-order chi connectivity index (χ1) is 20.0. The van der Waals surface area contributed by atoms with Crippen molar-refractivity contribution in [2.75, 3.05) is 0 Å². The van der Waals surface area contributed by atoms with Gasteiger partial charge < -0.3 is 14.2 Å².